The minimum Gasteiger partial charge on any atom is -0.356 e. The Balaban J connectivity index is 1.60. The van der Waals surface area contributed by atoms with Crippen molar-refractivity contribution >= 4 is 29.3 Å². The van der Waals surface area contributed by atoms with E-state index >= 15 is 0 Å². The Bertz CT molecular complexity index is 557. The normalized spacial score (nSPS) is 10.3. The van der Waals surface area contributed by atoms with Crippen LogP contribution in [0.4, 0.5) is 0 Å². The molecule has 0 saturated heterocycles. The lowest BCUT2D eigenvalue weighted by Gasteiger charge is -2.05. The molecule has 0 aliphatic heterocycles. The molecule has 0 unspecified atom stereocenters. The number of rotatable bonds is 7. The Hall–Kier alpha value is -1.45. The number of amides is 1. The van der Waals surface area contributed by atoms with Gasteiger partial charge in [-0.1, -0.05) is 41.9 Å². The fraction of sp³-hybridized carbons (Fsp3) is 0.235. The Morgan fingerprint density at radius 3 is 2.48 bits per heavy atom. The third-order valence-corrected chi connectivity index (χ3v) is 4.26. The van der Waals surface area contributed by atoms with Gasteiger partial charge >= 0.3 is 0 Å². The van der Waals surface area contributed by atoms with E-state index in [4.69, 9.17) is 11.6 Å². The van der Waals surface area contributed by atoms with Crippen LogP contribution in [0, 0.1) is 0 Å². The van der Waals surface area contributed by atoms with Crippen molar-refractivity contribution < 1.29 is 4.79 Å². The molecule has 0 heterocycles. The first kappa shape index (κ1) is 15.9. The van der Waals surface area contributed by atoms with Crippen LogP contribution in [0.5, 0.6) is 0 Å². The Morgan fingerprint density at radius 2 is 1.76 bits per heavy atom. The lowest BCUT2D eigenvalue weighted by Crippen LogP contribution is -2.25. The van der Waals surface area contributed by atoms with Gasteiger partial charge in [0.2, 0.25) is 5.91 Å². The lowest BCUT2D eigenvalue weighted by molar-refractivity contribution is -0.120. The van der Waals surface area contributed by atoms with Gasteiger partial charge in [0, 0.05) is 28.6 Å². The summed E-state index contributed by atoms with van der Waals surface area (Å²) in [4.78, 5) is 12.9. The van der Waals surface area contributed by atoms with Crippen molar-refractivity contribution in [2.45, 2.75) is 17.7 Å². The third-order valence-electron chi connectivity index (χ3n) is 2.99. The van der Waals surface area contributed by atoms with E-state index in [1.54, 1.807) is 11.8 Å². The number of hydrogen-bond donors (Lipinski definition) is 1. The van der Waals surface area contributed by atoms with Crippen LogP contribution >= 0.6 is 23.4 Å². The van der Waals surface area contributed by atoms with Crippen LogP contribution < -0.4 is 5.32 Å². The maximum absolute atomic E-state index is 11.7. The Labute approximate surface area is 134 Å². The minimum atomic E-state index is 0.104. The smallest absolute Gasteiger partial charge is 0.220 e. The summed E-state index contributed by atoms with van der Waals surface area (Å²) >= 11 is 7.50. The molecule has 0 saturated carbocycles. The van der Waals surface area contributed by atoms with Crippen LogP contribution in [-0.2, 0) is 11.2 Å². The van der Waals surface area contributed by atoms with Gasteiger partial charge in [-0.15, -0.1) is 11.8 Å². The highest BCUT2D eigenvalue weighted by molar-refractivity contribution is 7.99. The topological polar surface area (TPSA) is 29.1 Å². The molecule has 110 valence electrons. The van der Waals surface area contributed by atoms with Gasteiger partial charge in [0.1, 0.15) is 0 Å². The van der Waals surface area contributed by atoms with E-state index in [-0.39, 0.29) is 5.91 Å². The second kappa shape index (κ2) is 8.75. The molecule has 2 rings (SSSR count). The summed E-state index contributed by atoms with van der Waals surface area (Å²) < 4.78 is 0. The van der Waals surface area contributed by atoms with E-state index in [1.807, 2.05) is 42.5 Å². The van der Waals surface area contributed by atoms with E-state index in [9.17, 15) is 4.79 Å². The van der Waals surface area contributed by atoms with Crippen LogP contribution in [-0.4, -0.2) is 18.2 Å². The fourth-order valence-corrected chi connectivity index (χ4v) is 2.85. The van der Waals surface area contributed by atoms with E-state index in [0.29, 0.717) is 13.0 Å². The zero-order valence-corrected chi connectivity index (χ0v) is 13.3. The van der Waals surface area contributed by atoms with Gasteiger partial charge in [-0.2, -0.15) is 0 Å². The first-order chi connectivity index (χ1) is 10.2. The molecule has 0 radical (unpaired) electrons. The molecule has 2 nitrogen and oxygen atoms in total. The van der Waals surface area contributed by atoms with Crippen molar-refractivity contribution in [1.82, 2.24) is 5.32 Å². The molecule has 2 aromatic rings. The van der Waals surface area contributed by atoms with E-state index < -0.39 is 0 Å². The summed E-state index contributed by atoms with van der Waals surface area (Å²) in [6.45, 7) is 0.689. The van der Waals surface area contributed by atoms with Crippen molar-refractivity contribution in [2.75, 3.05) is 12.3 Å². The van der Waals surface area contributed by atoms with Gasteiger partial charge in [-0.3, -0.25) is 4.79 Å². The zero-order valence-electron chi connectivity index (χ0n) is 11.7. The van der Waals surface area contributed by atoms with E-state index in [2.05, 4.69) is 17.4 Å². The molecular weight excluding hydrogens is 302 g/mol. The minimum absolute atomic E-state index is 0.104. The van der Waals surface area contributed by atoms with Gasteiger partial charge in [0.25, 0.3) is 0 Å². The Kier molecular flexibility index (Phi) is 6.64. The standard InChI is InChI=1S/C17H18ClNOS/c18-15-6-8-16(9-7-15)21-13-11-17(20)19-12-10-14-4-2-1-3-5-14/h1-9H,10-13H2,(H,19,20). The zero-order chi connectivity index (χ0) is 14.9. The highest BCUT2D eigenvalue weighted by Gasteiger charge is 2.02. The molecule has 0 spiro atoms. The molecule has 1 amide bonds. The largest absolute Gasteiger partial charge is 0.356 e. The molecule has 2 aromatic carbocycles. The monoisotopic (exact) mass is 319 g/mol. The molecular formula is C17H18ClNOS. The molecule has 0 aliphatic rings. The highest BCUT2D eigenvalue weighted by atomic mass is 35.5. The van der Waals surface area contributed by atoms with Gasteiger partial charge in [-0.05, 0) is 36.2 Å². The van der Waals surface area contributed by atoms with Gasteiger partial charge in [0.15, 0.2) is 0 Å². The SMILES string of the molecule is O=C(CCSc1ccc(Cl)cc1)NCCc1ccccc1. The number of carbonyl (C=O) groups is 1. The summed E-state index contributed by atoms with van der Waals surface area (Å²) in [6, 6.07) is 17.8. The maximum atomic E-state index is 11.7. The van der Waals surface area contributed by atoms with Gasteiger partial charge in [-0.25, -0.2) is 0 Å². The van der Waals surface area contributed by atoms with Crippen LogP contribution in [0.3, 0.4) is 0 Å². The average molecular weight is 320 g/mol. The summed E-state index contributed by atoms with van der Waals surface area (Å²) in [5.74, 6) is 0.881. The maximum Gasteiger partial charge on any atom is 0.220 e. The predicted octanol–water partition coefficient (Wildman–Crippen LogP) is 4.18. The second-order valence-electron chi connectivity index (χ2n) is 4.64. The molecule has 1 N–H and O–H groups in total. The number of carbonyl (C=O) groups excluding carboxylic acids is 1. The van der Waals surface area contributed by atoms with Crippen molar-refractivity contribution in [3.63, 3.8) is 0 Å². The number of halogens is 1. The number of thioether (sulfide) groups is 1. The van der Waals surface area contributed by atoms with Gasteiger partial charge < -0.3 is 5.32 Å². The Morgan fingerprint density at radius 1 is 1.05 bits per heavy atom. The molecule has 21 heavy (non-hydrogen) atoms. The predicted molar refractivity (Wildman–Crippen MR) is 89.9 cm³/mol. The molecule has 4 heteroatoms. The number of nitrogens with one attached hydrogen (secondary N) is 1. The highest BCUT2D eigenvalue weighted by Crippen LogP contribution is 2.20. The summed E-state index contributed by atoms with van der Waals surface area (Å²) in [5, 5.41) is 3.69. The molecule has 0 fully saturated rings. The van der Waals surface area contributed by atoms with Crippen LogP contribution in [0.1, 0.15) is 12.0 Å². The fourth-order valence-electron chi connectivity index (χ4n) is 1.87. The second-order valence-corrected chi connectivity index (χ2v) is 6.24. The molecule has 0 aromatic heterocycles. The first-order valence-electron chi connectivity index (χ1n) is 6.93. The molecule has 0 atom stereocenters. The summed E-state index contributed by atoms with van der Waals surface area (Å²) in [5.41, 5.74) is 1.24. The van der Waals surface area contributed by atoms with Crippen molar-refractivity contribution in [3.05, 3.63) is 65.2 Å². The van der Waals surface area contributed by atoms with Crippen molar-refractivity contribution in [1.29, 1.82) is 0 Å². The average Bonchev–Trinajstić information content (AvgIpc) is 2.50. The summed E-state index contributed by atoms with van der Waals surface area (Å²) in [6.07, 6.45) is 1.40. The molecule has 0 bridgehead atoms. The lowest BCUT2D eigenvalue weighted by atomic mass is 10.1. The van der Waals surface area contributed by atoms with Crippen LogP contribution in [0.15, 0.2) is 59.5 Å². The number of hydrogen-bond acceptors (Lipinski definition) is 2. The molecule has 0 aliphatic carbocycles. The van der Waals surface area contributed by atoms with E-state index in [1.165, 1.54) is 5.56 Å². The first-order valence-corrected chi connectivity index (χ1v) is 8.29. The third kappa shape index (κ3) is 6.23. The summed E-state index contributed by atoms with van der Waals surface area (Å²) in [7, 11) is 0. The van der Waals surface area contributed by atoms with Crippen LogP contribution in [0.25, 0.3) is 0 Å². The van der Waals surface area contributed by atoms with E-state index in [0.717, 1.165) is 22.1 Å². The quantitative estimate of drug-likeness (QED) is 0.776. The van der Waals surface area contributed by atoms with Crippen LogP contribution in [0.2, 0.25) is 5.02 Å². The van der Waals surface area contributed by atoms with Gasteiger partial charge in [0.05, 0.1) is 0 Å². The van der Waals surface area contributed by atoms with Crippen molar-refractivity contribution in [3.8, 4) is 0 Å². The van der Waals surface area contributed by atoms with Crippen molar-refractivity contribution in [2.24, 2.45) is 0 Å². The number of benzene rings is 2.